The first-order chi connectivity index (χ1) is 16.1. The van der Waals surface area contributed by atoms with Crippen LogP contribution in [0, 0.1) is 12.3 Å². The SMILES string of the molecule is C#CCCOC(=O)c1ccc(OCc2ccc(OC)cc2)c(OCc2ccc(OC)cc2)c1. The summed E-state index contributed by atoms with van der Waals surface area (Å²) in [6.07, 6.45) is 5.57. The van der Waals surface area contributed by atoms with Crippen LogP contribution in [-0.2, 0) is 18.0 Å². The Bertz CT molecular complexity index is 1080. The number of terminal acetylenes is 1. The molecular weight excluding hydrogens is 420 g/mol. The van der Waals surface area contributed by atoms with Crippen LogP contribution < -0.4 is 18.9 Å². The predicted octanol–water partition coefficient (Wildman–Crippen LogP) is 5.04. The minimum Gasteiger partial charge on any atom is -0.497 e. The molecule has 6 heteroatoms. The van der Waals surface area contributed by atoms with Crippen LogP contribution in [0.4, 0.5) is 0 Å². The third-order valence-corrected chi connectivity index (χ3v) is 4.77. The number of benzene rings is 3. The van der Waals surface area contributed by atoms with Gasteiger partial charge < -0.3 is 23.7 Å². The van der Waals surface area contributed by atoms with Crippen LogP contribution in [0.2, 0.25) is 0 Å². The van der Waals surface area contributed by atoms with Crippen molar-refractivity contribution in [1.82, 2.24) is 0 Å². The van der Waals surface area contributed by atoms with E-state index < -0.39 is 5.97 Å². The largest absolute Gasteiger partial charge is 0.497 e. The predicted molar refractivity (Wildman–Crippen MR) is 125 cm³/mol. The Morgan fingerprint density at radius 3 is 1.85 bits per heavy atom. The van der Waals surface area contributed by atoms with E-state index >= 15 is 0 Å². The Morgan fingerprint density at radius 1 is 0.788 bits per heavy atom. The molecule has 0 radical (unpaired) electrons. The zero-order valence-electron chi connectivity index (χ0n) is 18.7. The summed E-state index contributed by atoms with van der Waals surface area (Å²) in [5, 5.41) is 0. The highest BCUT2D eigenvalue weighted by Gasteiger charge is 2.14. The fourth-order valence-corrected chi connectivity index (χ4v) is 2.92. The van der Waals surface area contributed by atoms with E-state index in [0.717, 1.165) is 22.6 Å². The second-order valence-corrected chi connectivity index (χ2v) is 7.03. The summed E-state index contributed by atoms with van der Waals surface area (Å²) in [7, 11) is 3.24. The minimum absolute atomic E-state index is 0.160. The van der Waals surface area contributed by atoms with Gasteiger partial charge in [0, 0.05) is 6.42 Å². The van der Waals surface area contributed by atoms with Crippen LogP contribution in [0.5, 0.6) is 23.0 Å². The lowest BCUT2D eigenvalue weighted by atomic mass is 10.2. The lowest BCUT2D eigenvalue weighted by Crippen LogP contribution is -2.07. The van der Waals surface area contributed by atoms with Gasteiger partial charge in [0.15, 0.2) is 11.5 Å². The van der Waals surface area contributed by atoms with Crippen molar-refractivity contribution in [3.63, 3.8) is 0 Å². The lowest BCUT2D eigenvalue weighted by molar-refractivity contribution is 0.0513. The molecule has 0 unspecified atom stereocenters. The van der Waals surface area contributed by atoms with Crippen LogP contribution in [0.1, 0.15) is 27.9 Å². The van der Waals surface area contributed by atoms with Crippen molar-refractivity contribution >= 4 is 5.97 Å². The number of carbonyl (C=O) groups excluding carboxylic acids is 1. The lowest BCUT2D eigenvalue weighted by Gasteiger charge is -2.15. The maximum absolute atomic E-state index is 12.4. The molecule has 6 nitrogen and oxygen atoms in total. The summed E-state index contributed by atoms with van der Waals surface area (Å²) in [5.74, 6) is 4.46. The van der Waals surface area contributed by atoms with Gasteiger partial charge in [-0.05, 0) is 53.6 Å². The van der Waals surface area contributed by atoms with Gasteiger partial charge in [-0.15, -0.1) is 12.3 Å². The second kappa shape index (κ2) is 12.1. The number of esters is 1. The first-order valence-corrected chi connectivity index (χ1v) is 10.4. The first-order valence-electron chi connectivity index (χ1n) is 10.4. The highest BCUT2D eigenvalue weighted by molar-refractivity contribution is 5.90. The number of carbonyl (C=O) groups is 1. The van der Waals surface area contributed by atoms with Crippen molar-refractivity contribution in [3.05, 3.63) is 83.4 Å². The smallest absolute Gasteiger partial charge is 0.338 e. The average Bonchev–Trinajstić information content (AvgIpc) is 2.87. The Labute approximate surface area is 194 Å². The summed E-state index contributed by atoms with van der Waals surface area (Å²) in [6, 6.07) is 20.1. The van der Waals surface area contributed by atoms with Crippen LogP contribution >= 0.6 is 0 Å². The number of hydrogen-bond acceptors (Lipinski definition) is 6. The van der Waals surface area contributed by atoms with Gasteiger partial charge >= 0.3 is 5.97 Å². The van der Waals surface area contributed by atoms with Gasteiger partial charge in [0.05, 0.1) is 19.8 Å². The van der Waals surface area contributed by atoms with Gasteiger partial charge in [0.2, 0.25) is 0 Å². The Hall–Kier alpha value is -4.11. The summed E-state index contributed by atoms with van der Waals surface area (Å²) in [5.41, 5.74) is 2.27. The molecule has 0 atom stereocenters. The van der Waals surface area contributed by atoms with E-state index in [1.54, 1.807) is 32.4 Å². The summed E-state index contributed by atoms with van der Waals surface area (Å²) in [4.78, 5) is 12.4. The molecule has 0 aromatic heterocycles. The van der Waals surface area contributed by atoms with Crippen molar-refractivity contribution in [2.24, 2.45) is 0 Å². The normalized spacial score (nSPS) is 10.1. The Balaban J connectivity index is 1.75. The molecule has 0 saturated heterocycles. The Kier molecular flexibility index (Phi) is 8.61. The van der Waals surface area contributed by atoms with E-state index in [9.17, 15) is 4.79 Å². The van der Waals surface area contributed by atoms with Gasteiger partial charge in [0.25, 0.3) is 0 Å². The molecule has 0 fully saturated rings. The van der Waals surface area contributed by atoms with E-state index in [-0.39, 0.29) is 6.61 Å². The second-order valence-electron chi connectivity index (χ2n) is 7.03. The quantitative estimate of drug-likeness (QED) is 0.234. The fraction of sp³-hybridized carbons (Fsp3) is 0.222. The van der Waals surface area contributed by atoms with Gasteiger partial charge in [-0.25, -0.2) is 4.79 Å². The van der Waals surface area contributed by atoms with Gasteiger partial charge in [-0.3, -0.25) is 0 Å². The fourth-order valence-electron chi connectivity index (χ4n) is 2.92. The summed E-state index contributed by atoms with van der Waals surface area (Å²) >= 11 is 0. The maximum atomic E-state index is 12.4. The van der Waals surface area contributed by atoms with Crippen LogP contribution in [0.3, 0.4) is 0 Å². The highest BCUT2D eigenvalue weighted by atomic mass is 16.5. The molecule has 0 aliphatic rings. The molecule has 0 amide bonds. The van der Waals surface area contributed by atoms with E-state index in [1.165, 1.54) is 0 Å². The van der Waals surface area contributed by atoms with E-state index in [2.05, 4.69) is 5.92 Å². The molecule has 0 spiro atoms. The molecule has 3 aromatic rings. The van der Waals surface area contributed by atoms with Crippen molar-refractivity contribution in [1.29, 1.82) is 0 Å². The molecule has 170 valence electrons. The number of hydrogen-bond donors (Lipinski definition) is 0. The van der Waals surface area contributed by atoms with Crippen LogP contribution in [0.25, 0.3) is 0 Å². The zero-order chi connectivity index (χ0) is 23.5. The molecule has 0 saturated carbocycles. The molecular formula is C27H26O6. The molecule has 0 aliphatic carbocycles. The number of ether oxygens (including phenoxy) is 5. The molecule has 33 heavy (non-hydrogen) atoms. The average molecular weight is 446 g/mol. The van der Waals surface area contributed by atoms with Crippen molar-refractivity contribution in [2.45, 2.75) is 19.6 Å². The molecule has 0 heterocycles. The van der Waals surface area contributed by atoms with Crippen molar-refractivity contribution < 1.29 is 28.5 Å². The molecule has 3 aromatic carbocycles. The highest BCUT2D eigenvalue weighted by Crippen LogP contribution is 2.31. The molecule has 0 aliphatic heterocycles. The van der Waals surface area contributed by atoms with Crippen molar-refractivity contribution in [3.8, 4) is 35.3 Å². The van der Waals surface area contributed by atoms with E-state index in [1.807, 2.05) is 48.5 Å². The third-order valence-electron chi connectivity index (χ3n) is 4.77. The monoisotopic (exact) mass is 446 g/mol. The van der Waals surface area contributed by atoms with Gasteiger partial charge in [-0.2, -0.15) is 0 Å². The molecule has 0 bridgehead atoms. The number of methoxy groups -OCH3 is 2. The van der Waals surface area contributed by atoms with Crippen LogP contribution in [0.15, 0.2) is 66.7 Å². The topological polar surface area (TPSA) is 63.2 Å². The molecule has 0 N–H and O–H groups in total. The van der Waals surface area contributed by atoms with E-state index in [4.69, 9.17) is 30.1 Å². The summed E-state index contributed by atoms with van der Waals surface area (Å²) < 4.78 is 27.6. The number of rotatable bonds is 11. The Morgan fingerprint density at radius 2 is 1.33 bits per heavy atom. The minimum atomic E-state index is -0.471. The zero-order valence-corrected chi connectivity index (χ0v) is 18.7. The summed E-state index contributed by atoms with van der Waals surface area (Å²) in [6.45, 7) is 0.778. The third kappa shape index (κ3) is 6.94. The van der Waals surface area contributed by atoms with Gasteiger partial charge in [-0.1, -0.05) is 24.3 Å². The van der Waals surface area contributed by atoms with Gasteiger partial charge in [0.1, 0.15) is 31.3 Å². The first kappa shape index (κ1) is 23.6. The van der Waals surface area contributed by atoms with Crippen molar-refractivity contribution in [2.75, 3.05) is 20.8 Å². The molecule has 3 rings (SSSR count). The van der Waals surface area contributed by atoms with E-state index in [0.29, 0.717) is 36.7 Å². The standard InChI is InChI=1S/C27H26O6/c1-4-5-16-31-27(28)22-10-15-25(32-18-20-6-11-23(29-2)12-7-20)26(17-22)33-19-21-8-13-24(30-3)14-9-21/h1,6-15,17H,5,16,18-19H2,2-3H3. The van der Waals surface area contributed by atoms with Crippen LogP contribution in [-0.4, -0.2) is 26.8 Å². The maximum Gasteiger partial charge on any atom is 0.338 e.